The molecule has 4 rings (SSSR count). The molecule has 0 aliphatic carbocycles. The molecule has 0 spiro atoms. The Morgan fingerprint density at radius 1 is 0.897 bits per heavy atom. The highest BCUT2D eigenvalue weighted by Gasteiger charge is 2.26. The molecule has 0 unspecified atom stereocenters. The van der Waals surface area contributed by atoms with E-state index in [4.69, 9.17) is 4.74 Å². The first-order valence-corrected chi connectivity index (χ1v) is 10.0. The van der Waals surface area contributed by atoms with Gasteiger partial charge in [0.1, 0.15) is 11.4 Å². The third kappa shape index (κ3) is 4.07. The van der Waals surface area contributed by atoms with Crippen molar-refractivity contribution in [1.29, 1.82) is 0 Å². The summed E-state index contributed by atoms with van der Waals surface area (Å²) in [7, 11) is 1.68. The van der Waals surface area contributed by atoms with Gasteiger partial charge >= 0.3 is 0 Å². The van der Waals surface area contributed by atoms with Gasteiger partial charge in [0.25, 0.3) is 5.69 Å². The number of piperazine rings is 2. The maximum Gasteiger partial charge on any atom is 0.292 e. The lowest BCUT2D eigenvalue weighted by Crippen LogP contribution is -2.47. The molecule has 2 saturated heterocycles. The summed E-state index contributed by atoms with van der Waals surface area (Å²) in [5.74, 6) is 0.854. The normalized spacial score (nSPS) is 17.3. The number of ether oxygens (including phenoxy) is 1. The molecule has 2 aromatic carbocycles. The van der Waals surface area contributed by atoms with Gasteiger partial charge in [0.05, 0.1) is 17.7 Å². The average Bonchev–Trinajstić information content (AvgIpc) is 2.79. The largest absolute Gasteiger partial charge is 0.495 e. The summed E-state index contributed by atoms with van der Waals surface area (Å²) in [6.45, 7) is 6.73. The molecule has 0 radical (unpaired) electrons. The van der Waals surface area contributed by atoms with E-state index in [2.05, 4.69) is 26.1 Å². The molecule has 8 nitrogen and oxygen atoms in total. The molecule has 2 fully saturated rings. The van der Waals surface area contributed by atoms with E-state index >= 15 is 0 Å². The van der Waals surface area contributed by atoms with E-state index in [0.717, 1.165) is 69.5 Å². The minimum atomic E-state index is -0.274. The minimum absolute atomic E-state index is 0.176. The van der Waals surface area contributed by atoms with E-state index in [1.165, 1.54) is 0 Å². The zero-order valence-electron chi connectivity index (χ0n) is 16.7. The lowest BCUT2D eigenvalue weighted by Gasteiger charge is -2.38. The Morgan fingerprint density at radius 3 is 2.21 bits per heavy atom. The van der Waals surface area contributed by atoms with Gasteiger partial charge in [0.2, 0.25) is 0 Å². The number of nitro benzene ring substituents is 1. The Bertz CT molecular complexity index is 861. The zero-order valence-corrected chi connectivity index (χ0v) is 16.7. The van der Waals surface area contributed by atoms with Crippen LogP contribution in [0, 0.1) is 10.1 Å². The number of para-hydroxylation sites is 2. The van der Waals surface area contributed by atoms with Crippen LogP contribution in [0.3, 0.4) is 0 Å². The number of nitro groups is 1. The molecule has 0 aromatic heterocycles. The molecule has 2 aromatic rings. The number of methoxy groups -OCH3 is 1. The summed E-state index contributed by atoms with van der Waals surface area (Å²) >= 11 is 0. The van der Waals surface area contributed by atoms with Crippen molar-refractivity contribution in [2.75, 3.05) is 74.2 Å². The van der Waals surface area contributed by atoms with Crippen molar-refractivity contribution < 1.29 is 9.66 Å². The highest BCUT2D eigenvalue weighted by atomic mass is 16.6. The predicted molar refractivity (Wildman–Crippen MR) is 116 cm³/mol. The van der Waals surface area contributed by atoms with Crippen LogP contribution in [-0.2, 0) is 0 Å². The van der Waals surface area contributed by atoms with Gasteiger partial charge in [-0.15, -0.1) is 0 Å². The summed E-state index contributed by atoms with van der Waals surface area (Å²) in [6.07, 6.45) is 0. The molecule has 2 aliphatic heterocycles. The van der Waals surface area contributed by atoms with Crippen molar-refractivity contribution in [3.63, 3.8) is 0 Å². The van der Waals surface area contributed by atoms with Gasteiger partial charge in [-0.1, -0.05) is 12.1 Å². The second-order valence-corrected chi connectivity index (χ2v) is 7.31. The predicted octanol–water partition coefficient (Wildman–Crippen LogP) is 2.34. The van der Waals surface area contributed by atoms with E-state index in [-0.39, 0.29) is 10.6 Å². The van der Waals surface area contributed by atoms with Crippen LogP contribution in [0.15, 0.2) is 42.5 Å². The van der Waals surface area contributed by atoms with Crippen LogP contribution in [0.4, 0.5) is 22.7 Å². The van der Waals surface area contributed by atoms with E-state index in [1.54, 1.807) is 13.2 Å². The Balaban J connectivity index is 1.54. The topological polar surface area (TPSA) is 74.1 Å². The number of hydrogen-bond acceptors (Lipinski definition) is 7. The molecule has 8 heteroatoms. The van der Waals surface area contributed by atoms with Crippen LogP contribution in [0.5, 0.6) is 5.75 Å². The second-order valence-electron chi connectivity index (χ2n) is 7.31. The molecule has 0 bridgehead atoms. The Hall–Kier alpha value is -3.00. The summed E-state index contributed by atoms with van der Waals surface area (Å²) in [5.41, 5.74) is 3.01. The van der Waals surface area contributed by atoms with Crippen molar-refractivity contribution in [2.45, 2.75) is 0 Å². The lowest BCUT2D eigenvalue weighted by atomic mass is 10.1. The summed E-state index contributed by atoms with van der Waals surface area (Å²) in [5, 5.41) is 15.0. The third-order valence-corrected chi connectivity index (χ3v) is 5.68. The quantitative estimate of drug-likeness (QED) is 0.613. The van der Waals surface area contributed by atoms with Crippen LogP contribution in [0.1, 0.15) is 0 Å². The van der Waals surface area contributed by atoms with Crippen LogP contribution in [0.2, 0.25) is 0 Å². The summed E-state index contributed by atoms with van der Waals surface area (Å²) in [6, 6.07) is 13.5. The van der Waals surface area contributed by atoms with Gasteiger partial charge in [-0.25, -0.2) is 0 Å². The minimum Gasteiger partial charge on any atom is -0.495 e. The van der Waals surface area contributed by atoms with Crippen molar-refractivity contribution in [1.82, 2.24) is 5.32 Å². The Morgan fingerprint density at radius 2 is 1.55 bits per heavy atom. The average molecular weight is 397 g/mol. The molecule has 1 N–H and O–H groups in total. The second kappa shape index (κ2) is 8.57. The van der Waals surface area contributed by atoms with E-state index in [0.29, 0.717) is 5.69 Å². The van der Waals surface area contributed by atoms with Crippen LogP contribution < -0.4 is 24.8 Å². The smallest absolute Gasteiger partial charge is 0.292 e. The fourth-order valence-corrected chi connectivity index (χ4v) is 4.12. The van der Waals surface area contributed by atoms with Gasteiger partial charge in [0, 0.05) is 64.1 Å². The van der Waals surface area contributed by atoms with E-state index in [1.807, 2.05) is 30.3 Å². The summed E-state index contributed by atoms with van der Waals surface area (Å²) in [4.78, 5) is 18.1. The number of benzene rings is 2. The van der Waals surface area contributed by atoms with Crippen molar-refractivity contribution in [3.05, 3.63) is 52.6 Å². The van der Waals surface area contributed by atoms with Crippen LogP contribution >= 0.6 is 0 Å². The molecule has 2 heterocycles. The number of rotatable bonds is 5. The fraction of sp³-hybridized carbons (Fsp3) is 0.429. The van der Waals surface area contributed by atoms with Gasteiger partial charge in [0.15, 0.2) is 0 Å². The third-order valence-electron chi connectivity index (χ3n) is 5.68. The molecule has 29 heavy (non-hydrogen) atoms. The monoisotopic (exact) mass is 397 g/mol. The number of nitrogens with zero attached hydrogens (tertiary/aromatic N) is 4. The number of anilines is 3. The van der Waals surface area contributed by atoms with E-state index in [9.17, 15) is 10.1 Å². The van der Waals surface area contributed by atoms with Crippen molar-refractivity contribution >= 4 is 22.7 Å². The Kier molecular flexibility index (Phi) is 5.71. The SMILES string of the molecule is COc1ccccc1N1CCN(c2cc(N3CCNCC3)ccc2[N+](=O)[O-])CC1. The van der Waals surface area contributed by atoms with Crippen molar-refractivity contribution in [3.8, 4) is 5.75 Å². The maximum absolute atomic E-state index is 11.6. The van der Waals surface area contributed by atoms with Crippen LogP contribution in [-0.4, -0.2) is 64.4 Å². The first kappa shape index (κ1) is 19.3. The molecule has 0 amide bonds. The fourth-order valence-electron chi connectivity index (χ4n) is 4.12. The first-order chi connectivity index (χ1) is 14.2. The molecule has 0 saturated carbocycles. The lowest BCUT2D eigenvalue weighted by molar-refractivity contribution is -0.384. The maximum atomic E-state index is 11.6. The van der Waals surface area contributed by atoms with Gasteiger partial charge < -0.3 is 24.8 Å². The molecule has 0 atom stereocenters. The van der Waals surface area contributed by atoms with Gasteiger partial charge in [-0.2, -0.15) is 0 Å². The van der Waals surface area contributed by atoms with Gasteiger partial charge in [-0.3, -0.25) is 10.1 Å². The van der Waals surface area contributed by atoms with Crippen LogP contribution in [0.25, 0.3) is 0 Å². The van der Waals surface area contributed by atoms with E-state index < -0.39 is 0 Å². The highest BCUT2D eigenvalue weighted by Crippen LogP contribution is 2.35. The molecular formula is C21H27N5O3. The molecule has 2 aliphatic rings. The summed E-state index contributed by atoms with van der Waals surface area (Å²) < 4.78 is 5.49. The van der Waals surface area contributed by atoms with Gasteiger partial charge in [-0.05, 0) is 24.3 Å². The standard InChI is InChI=1S/C21H27N5O3/c1-29-21-5-3-2-4-19(21)24-12-14-25(15-13-24)20-16-17(6-7-18(20)26(27)28)23-10-8-22-9-11-23/h2-7,16,22H,8-15H2,1H3. The molecular weight excluding hydrogens is 370 g/mol. The number of nitrogens with one attached hydrogen (secondary N) is 1. The first-order valence-electron chi connectivity index (χ1n) is 10.0. The van der Waals surface area contributed by atoms with Crippen molar-refractivity contribution in [2.24, 2.45) is 0 Å². The highest BCUT2D eigenvalue weighted by molar-refractivity contribution is 5.71. The molecule has 154 valence electrons. The number of hydrogen-bond donors (Lipinski definition) is 1. The zero-order chi connectivity index (χ0) is 20.2. The Labute approximate surface area is 170 Å².